The standard InChI is InChI=1S/C18H19N3O2S/c1-18(2,3)14-11-24-17-19-10-13(16(23)21(14)17)15(22)20(4)12-8-6-5-7-9-12/h5-11H,1-4H3. The summed E-state index contributed by atoms with van der Waals surface area (Å²) in [5.41, 5.74) is 1.13. The number of nitrogens with zero attached hydrogens (tertiary/aromatic N) is 3. The fourth-order valence-electron chi connectivity index (χ4n) is 2.51. The summed E-state index contributed by atoms with van der Waals surface area (Å²) < 4.78 is 1.55. The molecule has 0 radical (unpaired) electrons. The Kier molecular flexibility index (Phi) is 4.01. The summed E-state index contributed by atoms with van der Waals surface area (Å²) in [4.78, 5) is 32.1. The van der Waals surface area contributed by atoms with Crippen LogP contribution in [0.3, 0.4) is 0 Å². The molecule has 5 nitrogen and oxygen atoms in total. The van der Waals surface area contributed by atoms with E-state index in [0.717, 1.165) is 11.4 Å². The Balaban J connectivity index is 2.12. The number of hydrogen-bond donors (Lipinski definition) is 0. The zero-order valence-corrected chi connectivity index (χ0v) is 14.9. The molecule has 24 heavy (non-hydrogen) atoms. The van der Waals surface area contributed by atoms with Crippen LogP contribution in [0, 0.1) is 0 Å². The molecule has 1 amide bonds. The number of anilines is 1. The number of hydrogen-bond acceptors (Lipinski definition) is 4. The smallest absolute Gasteiger partial charge is 0.271 e. The van der Waals surface area contributed by atoms with Gasteiger partial charge in [0.15, 0.2) is 4.96 Å². The molecule has 0 fully saturated rings. The van der Waals surface area contributed by atoms with Crippen LogP contribution in [0.5, 0.6) is 0 Å². The third kappa shape index (κ3) is 2.73. The van der Waals surface area contributed by atoms with Gasteiger partial charge in [-0.15, -0.1) is 11.3 Å². The van der Waals surface area contributed by atoms with Crippen LogP contribution in [-0.2, 0) is 5.41 Å². The topological polar surface area (TPSA) is 54.7 Å². The SMILES string of the molecule is CN(C(=O)c1cnc2scc(C(C)(C)C)n2c1=O)c1ccccc1. The van der Waals surface area contributed by atoms with Crippen LogP contribution in [0.4, 0.5) is 5.69 Å². The molecule has 0 aliphatic rings. The molecule has 0 aliphatic heterocycles. The van der Waals surface area contributed by atoms with Crippen LogP contribution in [0.2, 0.25) is 0 Å². The molecular weight excluding hydrogens is 322 g/mol. The van der Waals surface area contributed by atoms with Crippen LogP contribution in [0.15, 0.2) is 46.7 Å². The lowest BCUT2D eigenvalue weighted by Crippen LogP contribution is -2.34. The Labute approximate surface area is 144 Å². The predicted molar refractivity (Wildman–Crippen MR) is 97.2 cm³/mol. The van der Waals surface area contributed by atoms with Gasteiger partial charge < -0.3 is 4.90 Å². The first-order valence-corrected chi connectivity index (χ1v) is 8.51. The highest BCUT2D eigenvalue weighted by molar-refractivity contribution is 7.15. The van der Waals surface area contributed by atoms with Crippen molar-refractivity contribution in [1.29, 1.82) is 0 Å². The fraction of sp³-hybridized carbons (Fsp3) is 0.278. The van der Waals surface area contributed by atoms with Gasteiger partial charge in [-0.25, -0.2) is 4.98 Å². The first kappa shape index (κ1) is 16.4. The highest BCUT2D eigenvalue weighted by Gasteiger charge is 2.24. The third-order valence-corrected chi connectivity index (χ3v) is 4.73. The van der Waals surface area contributed by atoms with Crippen molar-refractivity contribution in [3.05, 3.63) is 63.5 Å². The molecule has 1 aromatic carbocycles. The molecular formula is C18H19N3O2S. The third-order valence-electron chi connectivity index (χ3n) is 3.89. The maximum absolute atomic E-state index is 12.9. The second-order valence-electron chi connectivity index (χ2n) is 6.67. The molecule has 124 valence electrons. The summed E-state index contributed by atoms with van der Waals surface area (Å²) in [5, 5.41) is 1.93. The molecule has 0 atom stereocenters. The second-order valence-corrected chi connectivity index (χ2v) is 7.50. The quantitative estimate of drug-likeness (QED) is 0.718. The summed E-state index contributed by atoms with van der Waals surface area (Å²) in [7, 11) is 1.66. The second kappa shape index (κ2) is 5.87. The van der Waals surface area contributed by atoms with E-state index in [1.54, 1.807) is 11.4 Å². The first-order chi connectivity index (χ1) is 11.3. The van der Waals surface area contributed by atoms with Gasteiger partial charge in [0, 0.05) is 35.4 Å². The van der Waals surface area contributed by atoms with E-state index in [1.807, 2.05) is 56.5 Å². The number of aromatic nitrogens is 2. The molecule has 0 spiro atoms. The highest BCUT2D eigenvalue weighted by atomic mass is 32.1. The first-order valence-electron chi connectivity index (χ1n) is 7.63. The number of carbonyl (C=O) groups excluding carboxylic acids is 1. The lowest BCUT2D eigenvalue weighted by atomic mass is 9.93. The molecule has 0 unspecified atom stereocenters. The Hall–Kier alpha value is -2.47. The molecule has 3 aromatic rings. The van der Waals surface area contributed by atoms with Crippen molar-refractivity contribution in [2.24, 2.45) is 0 Å². The van der Waals surface area contributed by atoms with Crippen molar-refractivity contribution in [2.45, 2.75) is 26.2 Å². The average molecular weight is 341 g/mol. The Morgan fingerprint density at radius 3 is 2.50 bits per heavy atom. The number of carbonyl (C=O) groups is 1. The van der Waals surface area contributed by atoms with Gasteiger partial charge in [-0.3, -0.25) is 14.0 Å². The molecule has 0 saturated heterocycles. The van der Waals surface area contributed by atoms with E-state index in [4.69, 9.17) is 0 Å². The normalized spacial score (nSPS) is 11.7. The maximum atomic E-state index is 12.9. The Morgan fingerprint density at radius 2 is 1.88 bits per heavy atom. The lowest BCUT2D eigenvalue weighted by molar-refractivity contribution is 0.0991. The maximum Gasteiger partial charge on any atom is 0.271 e. The van der Waals surface area contributed by atoms with Gasteiger partial charge in [-0.2, -0.15) is 0 Å². The molecule has 0 N–H and O–H groups in total. The van der Waals surface area contributed by atoms with E-state index in [0.29, 0.717) is 4.96 Å². The van der Waals surface area contributed by atoms with Gasteiger partial charge in [-0.1, -0.05) is 39.0 Å². The Morgan fingerprint density at radius 1 is 1.21 bits per heavy atom. The van der Waals surface area contributed by atoms with Crippen molar-refractivity contribution in [2.75, 3.05) is 11.9 Å². The average Bonchev–Trinajstić information content (AvgIpc) is 3.00. The zero-order valence-electron chi connectivity index (χ0n) is 14.1. The van der Waals surface area contributed by atoms with E-state index < -0.39 is 0 Å². The number of para-hydroxylation sites is 1. The summed E-state index contributed by atoms with van der Waals surface area (Å²) in [6, 6.07) is 9.23. The molecule has 6 heteroatoms. The molecule has 0 aliphatic carbocycles. The summed E-state index contributed by atoms with van der Waals surface area (Å²) >= 11 is 1.41. The minimum Gasteiger partial charge on any atom is -0.311 e. The van der Waals surface area contributed by atoms with Gasteiger partial charge in [0.2, 0.25) is 0 Å². The van der Waals surface area contributed by atoms with Gasteiger partial charge in [0.1, 0.15) is 5.56 Å². The molecule has 0 saturated carbocycles. The van der Waals surface area contributed by atoms with E-state index in [9.17, 15) is 9.59 Å². The number of thiazole rings is 1. The van der Waals surface area contributed by atoms with E-state index in [-0.39, 0.29) is 22.4 Å². The van der Waals surface area contributed by atoms with Crippen LogP contribution < -0.4 is 10.5 Å². The highest BCUT2D eigenvalue weighted by Crippen LogP contribution is 2.25. The number of fused-ring (bicyclic) bond motifs is 1. The molecule has 2 aromatic heterocycles. The predicted octanol–water partition coefficient (Wildman–Crippen LogP) is 3.33. The minimum absolute atomic E-state index is 0.0720. The van der Waals surface area contributed by atoms with Gasteiger partial charge >= 0.3 is 0 Å². The fourth-order valence-corrected chi connectivity index (χ4v) is 3.58. The Bertz CT molecular complexity index is 952. The van der Waals surface area contributed by atoms with E-state index >= 15 is 0 Å². The summed E-state index contributed by atoms with van der Waals surface area (Å²) in [6.07, 6.45) is 1.38. The van der Waals surface area contributed by atoms with Crippen molar-refractivity contribution in [3.8, 4) is 0 Å². The van der Waals surface area contributed by atoms with Gasteiger partial charge in [0.25, 0.3) is 11.5 Å². The number of benzene rings is 1. The van der Waals surface area contributed by atoms with Crippen LogP contribution in [0.25, 0.3) is 4.96 Å². The van der Waals surface area contributed by atoms with Crippen molar-refractivity contribution in [1.82, 2.24) is 9.38 Å². The van der Waals surface area contributed by atoms with Crippen molar-refractivity contribution < 1.29 is 4.79 Å². The molecule has 2 heterocycles. The van der Waals surface area contributed by atoms with Gasteiger partial charge in [-0.05, 0) is 12.1 Å². The lowest BCUT2D eigenvalue weighted by Gasteiger charge is -2.19. The molecule has 3 rings (SSSR count). The van der Waals surface area contributed by atoms with Crippen LogP contribution >= 0.6 is 11.3 Å². The largest absolute Gasteiger partial charge is 0.311 e. The number of rotatable bonds is 2. The van der Waals surface area contributed by atoms with Crippen molar-refractivity contribution in [3.63, 3.8) is 0 Å². The molecule has 0 bridgehead atoms. The minimum atomic E-state index is -0.362. The summed E-state index contributed by atoms with van der Waals surface area (Å²) in [6.45, 7) is 6.10. The monoisotopic (exact) mass is 341 g/mol. The zero-order chi connectivity index (χ0) is 17.5. The van der Waals surface area contributed by atoms with E-state index in [1.165, 1.54) is 22.4 Å². The van der Waals surface area contributed by atoms with Crippen LogP contribution in [-0.4, -0.2) is 22.3 Å². The van der Waals surface area contributed by atoms with Crippen LogP contribution in [0.1, 0.15) is 36.8 Å². The van der Waals surface area contributed by atoms with E-state index in [2.05, 4.69) is 4.98 Å². The van der Waals surface area contributed by atoms with Crippen molar-refractivity contribution >= 4 is 27.9 Å². The number of amides is 1. The summed E-state index contributed by atoms with van der Waals surface area (Å²) in [5.74, 6) is -0.362. The van der Waals surface area contributed by atoms with Gasteiger partial charge in [0.05, 0.1) is 0 Å².